The molecule has 1 heterocycles. The van der Waals surface area contributed by atoms with E-state index >= 15 is 0 Å². The summed E-state index contributed by atoms with van der Waals surface area (Å²) >= 11 is 0. The number of carboxylic acid groups (broad SMARTS) is 1. The molecule has 2 amide bonds. The highest BCUT2D eigenvalue weighted by molar-refractivity contribution is 5.96. The SMILES string of the molecule is CC(C(=O)O)C(=O)N1CCN(C(=O)CC2CCCCC2)CC1. The molecule has 2 aliphatic rings. The highest BCUT2D eigenvalue weighted by Gasteiger charge is 2.30. The Morgan fingerprint density at radius 3 is 2.09 bits per heavy atom. The van der Waals surface area contributed by atoms with Gasteiger partial charge in [-0.1, -0.05) is 19.3 Å². The van der Waals surface area contributed by atoms with Crippen LogP contribution in [0.3, 0.4) is 0 Å². The van der Waals surface area contributed by atoms with E-state index in [1.807, 2.05) is 4.90 Å². The second-order valence-electron chi connectivity index (χ2n) is 6.47. The van der Waals surface area contributed by atoms with Crippen molar-refractivity contribution in [3.05, 3.63) is 0 Å². The molecule has 0 spiro atoms. The van der Waals surface area contributed by atoms with Crippen molar-refractivity contribution in [2.45, 2.75) is 45.4 Å². The zero-order valence-corrected chi connectivity index (χ0v) is 13.3. The molecule has 1 aliphatic carbocycles. The Labute approximate surface area is 131 Å². The number of piperazine rings is 1. The Hall–Kier alpha value is -1.59. The predicted octanol–water partition coefficient (Wildman–Crippen LogP) is 1.35. The molecule has 0 aromatic rings. The van der Waals surface area contributed by atoms with Gasteiger partial charge in [-0.15, -0.1) is 0 Å². The van der Waals surface area contributed by atoms with Gasteiger partial charge in [0.2, 0.25) is 11.8 Å². The van der Waals surface area contributed by atoms with Gasteiger partial charge in [-0.3, -0.25) is 14.4 Å². The Balaban J connectivity index is 1.77. The summed E-state index contributed by atoms with van der Waals surface area (Å²) in [7, 11) is 0. The van der Waals surface area contributed by atoms with E-state index in [2.05, 4.69) is 0 Å². The number of hydrogen-bond acceptors (Lipinski definition) is 3. The van der Waals surface area contributed by atoms with Crippen LogP contribution in [0.15, 0.2) is 0 Å². The monoisotopic (exact) mass is 310 g/mol. The van der Waals surface area contributed by atoms with Crippen LogP contribution in [0.25, 0.3) is 0 Å². The van der Waals surface area contributed by atoms with Gasteiger partial charge in [0.15, 0.2) is 0 Å². The standard InChI is InChI=1S/C16H26N2O4/c1-12(16(21)22)15(20)18-9-7-17(8-10-18)14(19)11-13-5-3-2-4-6-13/h12-13H,2-11H2,1H3,(H,21,22). The quantitative estimate of drug-likeness (QED) is 0.795. The fraction of sp³-hybridized carbons (Fsp3) is 0.812. The lowest BCUT2D eigenvalue weighted by Crippen LogP contribution is -2.52. The Morgan fingerprint density at radius 2 is 1.55 bits per heavy atom. The maximum atomic E-state index is 12.3. The van der Waals surface area contributed by atoms with Crippen molar-refractivity contribution in [1.29, 1.82) is 0 Å². The van der Waals surface area contributed by atoms with Crippen molar-refractivity contribution in [3.8, 4) is 0 Å². The third-order valence-electron chi connectivity index (χ3n) is 4.87. The van der Waals surface area contributed by atoms with E-state index in [1.165, 1.54) is 26.2 Å². The number of carboxylic acids is 1. The largest absolute Gasteiger partial charge is 0.481 e. The van der Waals surface area contributed by atoms with Gasteiger partial charge in [-0.2, -0.15) is 0 Å². The van der Waals surface area contributed by atoms with Gasteiger partial charge in [0, 0.05) is 32.6 Å². The molecule has 1 unspecified atom stereocenters. The van der Waals surface area contributed by atoms with Crippen molar-refractivity contribution in [3.63, 3.8) is 0 Å². The van der Waals surface area contributed by atoms with Crippen LogP contribution in [-0.2, 0) is 14.4 Å². The molecular formula is C16H26N2O4. The molecular weight excluding hydrogens is 284 g/mol. The molecule has 1 atom stereocenters. The average Bonchev–Trinajstić information content (AvgIpc) is 2.54. The van der Waals surface area contributed by atoms with Crippen molar-refractivity contribution >= 4 is 17.8 Å². The Kier molecular flexibility index (Phi) is 5.80. The molecule has 0 radical (unpaired) electrons. The van der Waals surface area contributed by atoms with Crippen LogP contribution in [0.5, 0.6) is 0 Å². The molecule has 2 fully saturated rings. The summed E-state index contributed by atoms with van der Waals surface area (Å²) in [5, 5.41) is 8.89. The summed E-state index contributed by atoms with van der Waals surface area (Å²) < 4.78 is 0. The van der Waals surface area contributed by atoms with Crippen LogP contribution in [0.4, 0.5) is 0 Å². The molecule has 22 heavy (non-hydrogen) atoms. The minimum atomic E-state index is -1.10. The van der Waals surface area contributed by atoms with Crippen LogP contribution in [0, 0.1) is 11.8 Å². The maximum absolute atomic E-state index is 12.3. The second kappa shape index (κ2) is 7.61. The van der Waals surface area contributed by atoms with Gasteiger partial charge >= 0.3 is 5.97 Å². The molecule has 1 saturated carbocycles. The fourth-order valence-electron chi connectivity index (χ4n) is 3.32. The minimum Gasteiger partial charge on any atom is -0.481 e. The summed E-state index contributed by atoms with van der Waals surface area (Å²) in [4.78, 5) is 38.5. The Morgan fingerprint density at radius 1 is 1.00 bits per heavy atom. The van der Waals surface area contributed by atoms with E-state index in [4.69, 9.17) is 5.11 Å². The van der Waals surface area contributed by atoms with Crippen molar-refractivity contribution in [2.75, 3.05) is 26.2 Å². The number of carbonyl (C=O) groups is 3. The number of carbonyl (C=O) groups excluding carboxylic acids is 2. The first-order valence-corrected chi connectivity index (χ1v) is 8.28. The summed E-state index contributed by atoms with van der Waals surface area (Å²) in [6.45, 7) is 3.32. The molecule has 0 bridgehead atoms. The topological polar surface area (TPSA) is 77.9 Å². The summed E-state index contributed by atoms with van der Waals surface area (Å²) in [5.74, 6) is -1.75. The van der Waals surface area contributed by atoms with Crippen LogP contribution in [0.2, 0.25) is 0 Å². The predicted molar refractivity (Wildman–Crippen MR) is 81.2 cm³/mol. The minimum absolute atomic E-state index is 0.185. The number of nitrogens with zero attached hydrogens (tertiary/aromatic N) is 2. The van der Waals surface area contributed by atoms with E-state index in [0.717, 1.165) is 12.8 Å². The highest BCUT2D eigenvalue weighted by atomic mass is 16.4. The lowest BCUT2D eigenvalue weighted by atomic mass is 9.86. The van der Waals surface area contributed by atoms with Gasteiger partial charge in [0.05, 0.1) is 0 Å². The lowest BCUT2D eigenvalue weighted by molar-refractivity contribution is -0.152. The molecule has 1 N–H and O–H groups in total. The van der Waals surface area contributed by atoms with E-state index in [-0.39, 0.29) is 11.8 Å². The Bertz CT molecular complexity index is 424. The third-order valence-corrected chi connectivity index (χ3v) is 4.87. The first-order valence-electron chi connectivity index (χ1n) is 8.28. The number of aliphatic carboxylic acids is 1. The number of amides is 2. The first kappa shape index (κ1) is 16.8. The van der Waals surface area contributed by atoms with Crippen molar-refractivity contribution in [2.24, 2.45) is 11.8 Å². The van der Waals surface area contributed by atoms with Gasteiger partial charge in [0.25, 0.3) is 0 Å². The van der Waals surface area contributed by atoms with Gasteiger partial charge in [0.1, 0.15) is 5.92 Å². The van der Waals surface area contributed by atoms with E-state index < -0.39 is 11.9 Å². The molecule has 0 aromatic carbocycles. The van der Waals surface area contributed by atoms with E-state index in [1.54, 1.807) is 4.90 Å². The third kappa shape index (κ3) is 4.21. The molecule has 1 saturated heterocycles. The normalized spacial score (nSPS) is 21.5. The van der Waals surface area contributed by atoms with Crippen LogP contribution >= 0.6 is 0 Å². The zero-order valence-electron chi connectivity index (χ0n) is 13.3. The summed E-state index contributed by atoms with van der Waals surface area (Å²) in [5.41, 5.74) is 0. The van der Waals surface area contributed by atoms with Crippen molar-refractivity contribution < 1.29 is 19.5 Å². The van der Waals surface area contributed by atoms with E-state index in [9.17, 15) is 14.4 Å². The smallest absolute Gasteiger partial charge is 0.315 e. The van der Waals surface area contributed by atoms with Crippen molar-refractivity contribution in [1.82, 2.24) is 9.80 Å². The highest BCUT2D eigenvalue weighted by Crippen LogP contribution is 2.27. The summed E-state index contributed by atoms with van der Waals surface area (Å²) in [6, 6.07) is 0. The molecule has 2 rings (SSSR count). The van der Waals surface area contributed by atoms with Crippen LogP contribution < -0.4 is 0 Å². The number of rotatable bonds is 4. The van der Waals surface area contributed by atoms with Gasteiger partial charge in [-0.25, -0.2) is 0 Å². The number of hydrogen-bond donors (Lipinski definition) is 1. The van der Waals surface area contributed by atoms with Crippen LogP contribution in [-0.4, -0.2) is 58.9 Å². The fourth-order valence-corrected chi connectivity index (χ4v) is 3.32. The van der Waals surface area contributed by atoms with E-state index in [0.29, 0.717) is 38.5 Å². The zero-order chi connectivity index (χ0) is 16.1. The maximum Gasteiger partial charge on any atom is 0.315 e. The average molecular weight is 310 g/mol. The first-order chi connectivity index (χ1) is 10.5. The molecule has 6 heteroatoms. The van der Waals surface area contributed by atoms with Gasteiger partial charge in [-0.05, 0) is 25.7 Å². The molecule has 124 valence electrons. The summed E-state index contributed by atoms with van der Waals surface area (Å²) in [6.07, 6.45) is 6.67. The second-order valence-corrected chi connectivity index (χ2v) is 6.47. The van der Waals surface area contributed by atoms with Crippen LogP contribution in [0.1, 0.15) is 45.4 Å². The molecule has 1 aliphatic heterocycles. The lowest BCUT2D eigenvalue weighted by Gasteiger charge is -2.36. The molecule has 0 aromatic heterocycles. The van der Waals surface area contributed by atoms with Gasteiger partial charge < -0.3 is 14.9 Å². The molecule has 6 nitrogen and oxygen atoms in total.